The Hall–Kier alpha value is -1.03. The van der Waals surface area contributed by atoms with Crippen LogP contribution in [0.1, 0.15) is 24.5 Å². The maximum atomic E-state index is 5.32. The Morgan fingerprint density at radius 2 is 2.21 bits per heavy atom. The van der Waals surface area contributed by atoms with Gasteiger partial charge in [-0.15, -0.1) is 0 Å². The Morgan fingerprint density at radius 3 is 2.86 bits per heavy atom. The van der Waals surface area contributed by atoms with Gasteiger partial charge in [0.25, 0.3) is 0 Å². The van der Waals surface area contributed by atoms with Crippen molar-refractivity contribution in [2.24, 2.45) is 7.05 Å². The monoisotopic (exact) mass is 195 g/mol. The second-order valence-electron chi connectivity index (χ2n) is 3.75. The van der Waals surface area contributed by atoms with Gasteiger partial charge >= 0.3 is 0 Å². The zero-order chi connectivity index (χ0) is 9.97. The summed E-state index contributed by atoms with van der Waals surface area (Å²) in [5.41, 5.74) is 1.24. The van der Waals surface area contributed by atoms with Crippen LogP contribution in [0.25, 0.3) is 0 Å². The number of ether oxygens (including phenoxy) is 1. The van der Waals surface area contributed by atoms with Crippen LogP contribution in [0.15, 0.2) is 6.20 Å². The van der Waals surface area contributed by atoms with Crippen molar-refractivity contribution < 1.29 is 4.74 Å². The number of hydrogen-bond donors (Lipinski definition) is 1. The average molecular weight is 195 g/mol. The fraction of sp³-hybridized carbons (Fsp3) is 0.700. The van der Waals surface area contributed by atoms with Crippen LogP contribution >= 0.6 is 0 Å². The van der Waals surface area contributed by atoms with E-state index in [4.69, 9.17) is 4.74 Å². The van der Waals surface area contributed by atoms with Crippen molar-refractivity contribution in [3.8, 4) is 5.75 Å². The number of methoxy groups -OCH3 is 1. The largest absolute Gasteiger partial charge is 0.493 e. The topological polar surface area (TPSA) is 39.1 Å². The maximum Gasteiger partial charge on any atom is 0.160 e. The van der Waals surface area contributed by atoms with Crippen LogP contribution in [0.5, 0.6) is 5.75 Å². The molecule has 2 heterocycles. The van der Waals surface area contributed by atoms with Gasteiger partial charge < -0.3 is 10.1 Å². The summed E-state index contributed by atoms with van der Waals surface area (Å²) in [5, 5.41) is 7.60. The van der Waals surface area contributed by atoms with E-state index in [0.29, 0.717) is 5.92 Å². The van der Waals surface area contributed by atoms with Crippen LogP contribution in [-0.2, 0) is 7.05 Å². The van der Waals surface area contributed by atoms with Crippen LogP contribution in [0, 0.1) is 0 Å². The molecule has 0 radical (unpaired) electrons. The average Bonchev–Trinajstić information content (AvgIpc) is 2.61. The Morgan fingerprint density at radius 1 is 1.50 bits per heavy atom. The Balaban J connectivity index is 2.23. The highest BCUT2D eigenvalue weighted by atomic mass is 16.5. The van der Waals surface area contributed by atoms with Crippen LogP contribution in [0.4, 0.5) is 0 Å². The SMILES string of the molecule is COc1cnn(C)c1C1CCNCC1. The minimum atomic E-state index is 0.596. The second-order valence-corrected chi connectivity index (χ2v) is 3.75. The predicted octanol–water partition coefficient (Wildman–Crippen LogP) is 0.896. The molecule has 78 valence electrons. The Kier molecular flexibility index (Phi) is 2.72. The van der Waals surface area contributed by atoms with Crippen molar-refractivity contribution in [3.05, 3.63) is 11.9 Å². The molecule has 1 aromatic rings. The van der Waals surface area contributed by atoms with Gasteiger partial charge in [-0.05, 0) is 25.9 Å². The second kappa shape index (κ2) is 4.00. The first-order valence-electron chi connectivity index (χ1n) is 5.09. The van der Waals surface area contributed by atoms with Gasteiger partial charge in [-0.3, -0.25) is 4.68 Å². The standard InChI is InChI=1S/C10H17N3O/c1-13-10(9(14-2)7-12-13)8-3-5-11-6-4-8/h7-8,11H,3-6H2,1-2H3. The molecule has 1 aliphatic rings. The van der Waals surface area contributed by atoms with E-state index in [9.17, 15) is 0 Å². The third-order valence-corrected chi connectivity index (χ3v) is 2.90. The van der Waals surface area contributed by atoms with Gasteiger partial charge in [0.2, 0.25) is 0 Å². The van der Waals surface area contributed by atoms with E-state index in [2.05, 4.69) is 10.4 Å². The lowest BCUT2D eigenvalue weighted by molar-refractivity contribution is 0.384. The van der Waals surface area contributed by atoms with Gasteiger partial charge in [-0.25, -0.2) is 0 Å². The fourth-order valence-electron chi connectivity index (χ4n) is 2.14. The molecule has 14 heavy (non-hydrogen) atoms. The molecular weight excluding hydrogens is 178 g/mol. The minimum absolute atomic E-state index is 0.596. The van der Waals surface area contributed by atoms with Gasteiger partial charge in [0.1, 0.15) is 0 Å². The van der Waals surface area contributed by atoms with E-state index < -0.39 is 0 Å². The molecule has 4 heteroatoms. The summed E-state index contributed by atoms with van der Waals surface area (Å²) >= 11 is 0. The first kappa shape index (κ1) is 9.52. The van der Waals surface area contributed by atoms with Gasteiger partial charge in [0, 0.05) is 13.0 Å². The molecular formula is C10H17N3O. The molecule has 0 unspecified atom stereocenters. The zero-order valence-corrected chi connectivity index (χ0v) is 8.79. The van der Waals surface area contributed by atoms with E-state index >= 15 is 0 Å². The molecule has 1 fully saturated rings. The molecule has 0 amide bonds. The number of piperidine rings is 1. The maximum absolute atomic E-state index is 5.32. The molecule has 1 aromatic heterocycles. The lowest BCUT2D eigenvalue weighted by atomic mass is 9.94. The number of hydrogen-bond acceptors (Lipinski definition) is 3. The van der Waals surface area contributed by atoms with E-state index in [0.717, 1.165) is 18.8 Å². The molecule has 1 N–H and O–H groups in total. The van der Waals surface area contributed by atoms with Crippen LogP contribution in [0.2, 0.25) is 0 Å². The highest BCUT2D eigenvalue weighted by Crippen LogP contribution is 2.31. The van der Waals surface area contributed by atoms with E-state index in [1.54, 1.807) is 13.3 Å². The van der Waals surface area contributed by atoms with E-state index in [1.165, 1.54) is 18.5 Å². The Bertz CT molecular complexity index is 302. The van der Waals surface area contributed by atoms with E-state index in [1.807, 2.05) is 11.7 Å². The summed E-state index contributed by atoms with van der Waals surface area (Å²) in [5.74, 6) is 1.53. The first-order valence-corrected chi connectivity index (χ1v) is 5.09. The van der Waals surface area contributed by atoms with Gasteiger partial charge in [0.05, 0.1) is 19.0 Å². The van der Waals surface area contributed by atoms with Crippen molar-refractivity contribution >= 4 is 0 Å². The van der Waals surface area contributed by atoms with Crippen molar-refractivity contribution in [1.29, 1.82) is 0 Å². The summed E-state index contributed by atoms with van der Waals surface area (Å²) in [6.07, 6.45) is 4.16. The summed E-state index contributed by atoms with van der Waals surface area (Å²) < 4.78 is 7.25. The third-order valence-electron chi connectivity index (χ3n) is 2.90. The van der Waals surface area contributed by atoms with Crippen molar-refractivity contribution in [3.63, 3.8) is 0 Å². The number of nitrogens with zero attached hydrogens (tertiary/aromatic N) is 2. The van der Waals surface area contributed by atoms with Crippen molar-refractivity contribution in [2.45, 2.75) is 18.8 Å². The number of aromatic nitrogens is 2. The molecule has 0 atom stereocenters. The van der Waals surface area contributed by atoms with Crippen LogP contribution in [-0.4, -0.2) is 30.0 Å². The highest BCUT2D eigenvalue weighted by molar-refractivity contribution is 5.28. The van der Waals surface area contributed by atoms with Gasteiger partial charge in [-0.1, -0.05) is 0 Å². The summed E-state index contributed by atoms with van der Waals surface area (Å²) in [6, 6.07) is 0. The lowest BCUT2D eigenvalue weighted by Gasteiger charge is -2.23. The predicted molar refractivity (Wildman–Crippen MR) is 54.6 cm³/mol. The molecule has 4 nitrogen and oxygen atoms in total. The quantitative estimate of drug-likeness (QED) is 0.762. The fourth-order valence-corrected chi connectivity index (χ4v) is 2.14. The lowest BCUT2D eigenvalue weighted by Crippen LogP contribution is -2.27. The summed E-state index contributed by atoms with van der Waals surface area (Å²) in [4.78, 5) is 0. The molecule has 0 aromatic carbocycles. The first-order chi connectivity index (χ1) is 6.83. The highest BCUT2D eigenvalue weighted by Gasteiger charge is 2.22. The zero-order valence-electron chi connectivity index (χ0n) is 8.79. The van der Waals surface area contributed by atoms with E-state index in [-0.39, 0.29) is 0 Å². The summed E-state index contributed by atoms with van der Waals surface area (Å²) in [7, 11) is 3.70. The number of rotatable bonds is 2. The normalized spacial score (nSPS) is 18.4. The molecule has 0 saturated carbocycles. The molecule has 1 saturated heterocycles. The molecule has 1 aliphatic heterocycles. The smallest absolute Gasteiger partial charge is 0.160 e. The number of nitrogens with one attached hydrogen (secondary N) is 1. The van der Waals surface area contributed by atoms with Crippen molar-refractivity contribution in [2.75, 3.05) is 20.2 Å². The number of aryl methyl sites for hydroxylation is 1. The molecule has 0 aliphatic carbocycles. The third kappa shape index (κ3) is 1.62. The summed E-state index contributed by atoms with van der Waals surface area (Å²) in [6.45, 7) is 2.19. The molecule has 0 spiro atoms. The van der Waals surface area contributed by atoms with Crippen LogP contribution in [0.3, 0.4) is 0 Å². The Labute approximate surface area is 84.3 Å². The van der Waals surface area contributed by atoms with Gasteiger partial charge in [-0.2, -0.15) is 5.10 Å². The van der Waals surface area contributed by atoms with Gasteiger partial charge in [0.15, 0.2) is 5.75 Å². The van der Waals surface area contributed by atoms with Crippen molar-refractivity contribution in [1.82, 2.24) is 15.1 Å². The van der Waals surface area contributed by atoms with Crippen LogP contribution < -0.4 is 10.1 Å². The molecule has 0 bridgehead atoms. The minimum Gasteiger partial charge on any atom is -0.493 e. The molecule has 2 rings (SSSR count).